The number of ether oxygens (including phenoxy) is 1. The van der Waals surface area contributed by atoms with Crippen molar-refractivity contribution in [3.63, 3.8) is 0 Å². The van der Waals surface area contributed by atoms with Gasteiger partial charge >= 0.3 is 11.9 Å². The quantitative estimate of drug-likeness (QED) is 0.614. The minimum Gasteiger partial charge on any atom is -0.439 e. The molecule has 2 amide bonds. The molecule has 2 heterocycles. The molecule has 9 heteroatoms. The van der Waals surface area contributed by atoms with E-state index in [0.717, 1.165) is 10.5 Å². The Labute approximate surface area is 149 Å². The normalized spacial score (nSPS) is 20.1. The Bertz CT molecular complexity index is 861. The molecule has 0 radical (unpaired) electrons. The molecule has 2 aromatic rings. The Hall–Kier alpha value is -3.23. The molecule has 1 saturated heterocycles. The van der Waals surface area contributed by atoms with Crippen molar-refractivity contribution >= 4 is 17.8 Å². The molecule has 0 saturated carbocycles. The van der Waals surface area contributed by atoms with Crippen LogP contribution in [-0.2, 0) is 15.1 Å². The highest BCUT2D eigenvalue weighted by Crippen LogP contribution is 2.35. The summed E-state index contributed by atoms with van der Waals surface area (Å²) in [5, 5.41) is 10.8. The lowest BCUT2D eigenvalue weighted by atomic mass is 9.99. The number of carbonyl (C=O) groups is 2. The van der Waals surface area contributed by atoms with Gasteiger partial charge in [-0.15, -0.1) is 0 Å². The first-order chi connectivity index (χ1) is 12.2. The van der Waals surface area contributed by atoms with Crippen LogP contribution in [0.25, 0.3) is 0 Å². The first-order valence-corrected chi connectivity index (χ1v) is 8.01. The fourth-order valence-electron chi connectivity index (χ4n) is 2.94. The maximum absolute atomic E-state index is 13.1. The second kappa shape index (κ2) is 6.25. The lowest BCUT2D eigenvalue weighted by molar-refractivity contribution is -0.389. The topological polar surface area (TPSA) is 108 Å². The molecule has 0 N–H and O–H groups in total. The summed E-state index contributed by atoms with van der Waals surface area (Å²) in [5.41, 5.74) is -0.458. The summed E-state index contributed by atoms with van der Waals surface area (Å²) in [5.74, 6) is -0.897. The van der Waals surface area contributed by atoms with E-state index in [9.17, 15) is 19.7 Å². The van der Waals surface area contributed by atoms with Crippen LogP contribution in [0.5, 0.6) is 0 Å². The molecule has 1 aliphatic heterocycles. The van der Waals surface area contributed by atoms with Crippen LogP contribution in [0.2, 0.25) is 0 Å². The molecule has 2 atom stereocenters. The van der Waals surface area contributed by atoms with Crippen LogP contribution >= 0.6 is 0 Å². The Morgan fingerprint density at radius 1 is 1.31 bits per heavy atom. The van der Waals surface area contributed by atoms with Gasteiger partial charge in [-0.25, -0.2) is 9.69 Å². The van der Waals surface area contributed by atoms with Crippen LogP contribution in [0.3, 0.4) is 0 Å². The van der Waals surface area contributed by atoms with Crippen molar-refractivity contribution in [2.75, 3.05) is 0 Å². The number of hydrogen-bond donors (Lipinski definition) is 0. The highest BCUT2D eigenvalue weighted by Gasteiger charge is 2.48. The van der Waals surface area contributed by atoms with Crippen molar-refractivity contribution < 1.29 is 19.2 Å². The molecule has 0 spiro atoms. The molecule has 0 bridgehead atoms. The van der Waals surface area contributed by atoms with Crippen LogP contribution in [0, 0.1) is 10.1 Å². The Morgan fingerprint density at radius 3 is 2.54 bits per heavy atom. The lowest BCUT2D eigenvalue weighted by Gasteiger charge is -2.29. The molecule has 0 aliphatic carbocycles. The van der Waals surface area contributed by atoms with Gasteiger partial charge in [0.2, 0.25) is 6.33 Å². The van der Waals surface area contributed by atoms with Gasteiger partial charge in [-0.1, -0.05) is 30.3 Å². The molecular formula is C17H18N4O5. The minimum absolute atomic E-state index is 0.370. The predicted octanol–water partition coefficient (Wildman–Crippen LogP) is 2.64. The third-order valence-electron chi connectivity index (χ3n) is 4.54. The van der Waals surface area contributed by atoms with Crippen LogP contribution in [0.4, 0.5) is 10.6 Å². The van der Waals surface area contributed by atoms with Gasteiger partial charge in [-0.3, -0.25) is 9.36 Å². The third-order valence-corrected chi connectivity index (χ3v) is 4.54. The molecule has 1 aliphatic rings. The molecule has 1 aromatic carbocycles. The number of nitro groups is 1. The average molecular weight is 358 g/mol. The van der Waals surface area contributed by atoms with Crippen molar-refractivity contribution in [1.82, 2.24) is 14.5 Å². The Balaban J connectivity index is 1.88. The van der Waals surface area contributed by atoms with E-state index in [-0.39, 0.29) is 5.82 Å². The fraction of sp³-hybridized carbons (Fsp3) is 0.353. The van der Waals surface area contributed by atoms with Gasteiger partial charge in [0.1, 0.15) is 17.8 Å². The van der Waals surface area contributed by atoms with Crippen LogP contribution in [0.15, 0.2) is 42.9 Å². The largest absolute Gasteiger partial charge is 0.439 e. The summed E-state index contributed by atoms with van der Waals surface area (Å²) in [4.78, 5) is 40.3. The van der Waals surface area contributed by atoms with Gasteiger partial charge in [-0.2, -0.15) is 0 Å². The minimum atomic E-state index is -1.25. The summed E-state index contributed by atoms with van der Waals surface area (Å²) in [6.45, 7) is 4.86. The van der Waals surface area contributed by atoms with E-state index in [1.807, 2.05) is 30.3 Å². The number of imide groups is 1. The zero-order valence-electron chi connectivity index (χ0n) is 14.5. The van der Waals surface area contributed by atoms with Crippen LogP contribution in [-0.4, -0.2) is 37.4 Å². The van der Waals surface area contributed by atoms with Gasteiger partial charge < -0.3 is 14.9 Å². The van der Waals surface area contributed by atoms with Crippen molar-refractivity contribution in [3.05, 3.63) is 58.5 Å². The van der Waals surface area contributed by atoms with E-state index in [0.29, 0.717) is 0 Å². The molecule has 2 unspecified atom stereocenters. The van der Waals surface area contributed by atoms with E-state index in [4.69, 9.17) is 4.74 Å². The SMILES string of the molecule is CC1C(c2ccccc2)OC(=O)N1C(=O)C(C)(C)n1cnc([N+](=O)[O-])c1. The van der Waals surface area contributed by atoms with E-state index in [2.05, 4.69) is 4.98 Å². The Morgan fingerprint density at radius 2 is 1.96 bits per heavy atom. The second-order valence-corrected chi connectivity index (χ2v) is 6.59. The first-order valence-electron chi connectivity index (χ1n) is 8.01. The van der Waals surface area contributed by atoms with Gasteiger partial charge in [0.25, 0.3) is 5.91 Å². The highest BCUT2D eigenvalue weighted by molar-refractivity contribution is 5.97. The van der Waals surface area contributed by atoms with Crippen molar-refractivity contribution in [3.8, 4) is 0 Å². The third kappa shape index (κ3) is 2.81. The number of aromatic nitrogens is 2. The number of cyclic esters (lactones) is 1. The summed E-state index contributed by atoms with van der Waals surface area (Å²) in [7, 11) is 0. The van der Waals surface area contributed by atoms with Gasteiger partial charge in [0.05, 0.1) is 6.04 Å². The number of amides is 2. The summed E-state index contributed by atoms with van der Waals surface area (Å²) < 4.78 is 6.72. The molecule has 1 fully saturated rings. The van der Waals surface area contributed by atoms with E-state index in [1.165, 1.54) is 17.1 Å². The zero-order valence-corrected chi connectivity index (χ0v) is 14.5. The molecular weight excluding hydrogens is 340 g/mol. The zero-order chi connectivity index (χ0) is 19.1. The van der Waals surface area contributed by atoms with Crippen LogP contribution in [0.1, 0.15) is 32.4 Å². The summed E-state index contributed by atoms with van der Waals surface area (Å²) >= 11 is 0. The number of carbonyl (C=O) groups excluding carboxylic acids is 2. The molecule has 26 heavy (non-hydrogen) atoms. The number of nitrogens with zero attached hydrogens (tertiary/aromatic N) is 4. The maximum Gasteiger partial charge on any atom is 0.417 e. The average Bonchev–Trinajstić information content (AvgIpc) is 3.21. The summed E-state index contributed by atoms with van der Waals surface area (Å²) in [6.07, 6.45) is 1.06. The van der Waals surface area contributed by atoms with Crippen molar-refractivity contribution in [1.29, 1.82) is 0 Å². The molecule has 1 aromatic heterocycles. The number of benzene rings is 1. The molecule has 3 rings (SSSR count). The maximum atomic E-state index is 13.1. The highest BCUT2D eigenvalue weighted by atomic mass is 16.6. The van der Waals surface area contributed by atoms with Crippen LogP contribution < -0.4 is 0 Å². The predicted molar refractivity (Wildman–Crippen MR) is 90.2 cm³/mol. The van der Waals surface area contributed by atoms with Crippen molar-refractivity contribution in [2.24, 2.45) is 0 Å². The van der Waals surface area contributed by atoms with E-state index < -0.39 is 34.6 Å². The van der Waals surface area contributed by atoms with Crippen molar-refractivity contribution in [2.45, 2.75) is 38.5 Å². The lowest BCUT2D eigenvalue weighted by Crippen LogP contribution is -2.49. The smallest absolute Gasteiger partial charge is 0.417 e. The molecule has 9 nitrogen and oxygen atoms in total. The first kappa shape index (κ1) is 17.6. The number of imidazole rings is 1. The van der Waals surface area contributed by atoms with E-state index >= 15 is 0 Å². The summed E-state index contributed by atoms with van der Waals surface area (Å²) in [6, 6.07) is 8.64. The van der Waals surface area contributed by atoms with E-state index in [1.54, 1.807) is 20.8 Å². The van der Waals surface area contributed by atoms with Gasteiger partial charge in [-0.05, 0) is 36.2 Å². The fourth-order valence-corrected chi connectivity index (χ4v) is 2.94. The monoisotopic (exact) mass is 358 g/mol. The van der Waals surface area contributed by atoms with Gasteiger partial charge in [0, 0.05) is 0 Å². The number of rotatable bonds is 4. The molecule has 136 valence electrons. The number of hydrogen-bond acceptors (Lipinski definition) is 6. The standard InChI is InChI=1S/C17H18N4O5/c1-11-14(12-7-5-4-6-8-12)26-16(23)20(11)15(22)17(2,3)19-9-13(18-10-19)21(24)25/h4-11,14H,1-3H3. The van der Waals surface area contributed by atoms with Gasteiger partial charge in [0.15, 0.2) is 0 Å². The second-order valence-electron chi connectivity index (χ2n) is 6.59. The Kier molecular flexibility index (Phi) is 4.23.